The van der Waals surface area contributed by atoms with Gasteiger partial charge in [0, 0.05) is 26.7 Å². The van der Waals surface area contributed by atoms with Crippen LogP contribution in [0.2, 0.25) is 0 Å². The largest absolute Gasteiger partial charge is 0.447 e. The predicted octanol–water partition coefficient (Wildman–Crippen LogP) is 3.26. The molecule has 2 heterocycles. The van der Waals surface area contributed by atoms with E-state index in [1.54, 1.807) is 4.90 Å². The predicted molar refractivity (Wildman–Crippen MR) is 96.3 cm³/mol. The molecule has 0 bridgehead atoms. The van der Waals surface area contributed by atoms with Crippen LogP contribution in [-0.2, 0) is 9.53 Å². The number of hydrogen-bond acceptors (Lipinski definition) is 3. The summed E-state index contributed by atoms with van der Waals surface area (Å²) in [7, 11) is 1.90. The van der Waals surface area contributed by atoms with Crippen molar-refractivity contribution in [1.82, 2.24) is 9.80 Å². The van der Waals surface area contributed by atoms with Gasteiger partial charge in [-0.2, -0.15) is 0 Å². The van der Waals surface area contributed by atoms with Crippen LogP contribution in [0.4, 0.5) is 4.79 Å². The van der Waals surface area contributed by atoms with E-state index in [-0.39, 0.29) is 29.4 Å². The van der Waals surface area contributed by atoms with Crippen molar-refractivity contribution in [3.8, 4) is 0 Å². The summed E-state index contributed by atoms with van der Waals surface area (Å²) >= 11 is 0. The average molecular weight is 344 g/mol. The molecule has 0 unspecified atom stereocenters. The van der Waals surface area contributed by atoms with Crippen LogP contribution in [0.25, 0.3) is 0 Å². The van der Waals surface area contributed by atoms with E-state index < -0.39 is 0 Å². The molecule has 2 saturated heterocycles. The fraction of sp³-hybridized carbons (Fsp3) is 0.600. The summed E-state index contributed by atoms with van der Waals surface area (Å²) in [6.07, 6.45) is 2.39. The first-order valence-corrected chi connectivity index (χ1v) is 9.16. The second kappa shape index (κ2) is 7.06. The molecule has 5 heteroatoms. The van der Waals surface area contributed by atoms with Crippen molar-refractivity contribution < 1.29 is 14.3 Å². The lowest BCUT2D eigenvalue weighted by atomic mass is 9.68. The second-order valence-electron chi connectivity index (χ2n) is 7.78. The molecule has 1 aromatic carbocycles. The van der Waals surface area contributed by atoms with E-state index in [1.165, 1.54) is 0 Å². The number of benzene rings is 1. The SMILES string of the molecule is CC(C)OC(=O)N1CCC2(CC1)C[C@H](c1ccccc1)C(=O)N(C)C2. The van der Waals surface area contributed by atoms with Gasteiger partial charge in [-0.25, -0.2) is 4.79 Å². The first-order chi connectivity index (χ1) is 11.9. The van der Waals surface area contributed by atoms with Crippen molar-refractivity contribution in [2.24, 2.45) is 5.41 Å². The van der Waals surface area contributed by atoms with Gasteiger partial charge in [-0.3, -0.25) is 4.79 Å². The van der Waals surface area contributed by atoms with E-state index in [1.807, 2.05) is 56.1 Å². The van der Waals surface area contributed by atoms with Crippen molar-refractivity contribution in [1.29, 1.82) is 0 Å². The van der Waals surface area contributed by atoms with Crippen molar-refractivity contribution in [3.63, 3.8) is 0 Å². The number of carbonyl (C=O) groups is 2. The molecule has 0 radical (unpaired) electrons. The summed E-state index contributed by atoms with van der Waals surface area (Å²) in [6.45, 7) is 5.93. The molecule has 136 valence electrons. The molecular formula is C20H28N2O3. The summed E-state index contributed by atoms with van der Waals surface area (Å²) in [5, 5.41) is 0. The molecule has 0 saturated carbocycles. The summed E-state index contributed by atoms with van der Waals surface area (Å²) in [5.74, 6) is 0.132. The number of amides is 2. The third-order valence-electron chi connectivity index (χ3n) is 5.50. The quantitative estimate of drug-likeness (QED) is 0.827. The van der Waals surface area contributed by atoms with Gasteiger partial charge in [0.1, 0.15) is 0 Å². The van der Waals surface area contributed by atoms with Crippen LogP contribution in [0.1, 0.15) is 44.6 Å². The number of nitrogens with zero attached hydrogens (tertiary/aromatic N) is 2. The van der Waals surface area contributed by atoms with Gasteiger partial charge < -0.3 is 14.5 Å². The summed E-state index contributed by atoms with van der Waals surface area (Å²) in [6, 6.07) is 10.1. The van der Waals surface area contributed by atoms with Gasteiger partial charge in [0.2, 0.25) is 5.91 Å². The van der Waals surface area contributed by atoms with Crippen LogP contribution in [0.3, 0.4) is 0 Å². The average Bonchev–Trinajstić information content (AvgIpc) is 2.59. The molecule has 0 aliphatic carbocycles. The molecular weight excluding hydrogens is 316 g/mol. The van der Waals surface area contributed by atoms with Crippen LogP contribution in [-0.4, -0.2) is 54.6 Å². The van der Waals surface area contributed by atoms with E-state index >= 15 is 0 Å². The number of ether oxygens (including phenoxy) is 1. The Morgan fingerprint density at radius 2 is 1.84 bits per heavy atom. The van der Waals surface area contributed by atoms with Crippen LogP contribution < -0.4 is 0 Å². The smallest absolute Gasteiger partial charge is 0.410 e. The number of rotatable bonds is 2. The fourth-order valence-corrected chi connectivity index (χ4v) is 4.18. The standard InChI is InChI=1S/C20H28N2O3/c1-15(2)25-19(24)22-11-9-20(10-12-22)13-17(18(23)21(3)14-20)16-7-5-4-6-8-16/h4-8,15,17H,9-14H2,1-3H3/t17-/m1/s1. The lowest BCUT2D eigenvalue weighted by Crippen LogP contribution is -2.53. The third kappa shape index (κ3) is 3.80. The Kier molecular flexibility index (Phi) is 5.02. The minimum atomic E-state index is -0.218. The molecule has 5 nitrogen and oxygen atoms in total. The number of carbonyl (C=O) groups excluding carboxylic acids is 2. The Morgan fingerprint density at radius 1 is 1.20 bits per heavy atom. The molecule has 1 atom stereocenters. The molecule has 3 rings (SSSR count). The summed E-state index contributed by atoms with van der Waals surface area (Å²) in [4.78, 5) is 28.5. The third-order valence-corrected chi connectivity index (χ3v) is 5.50. The first kappa shape index (κ1) is 17.8. The van der Waals surface area contributed by atoms with Gasteiger partial charge in [0.05, 0.1) is 12.0 Å². The number of likely N-dealkylation sites (N-methyl/N-ethyl adjacent to an activating group) is 1. The highest BCUT2D eigenvalue weighted by Gasteiger charge is 2.45. The van der Waals surface area contributed by atoms with Gasteiger partial charge in [-0.1, -0.05) is 30.3 Å². The fourth-order valence-electron chi connectivity index (χ4n) is 4.18. The maximum absolute atomic E-state index is 12.7. The molecule has 1 spiro atoms. The highest BCUT2D eigenvalue weighted by molar-refractivity contribution is 5.84. The maximum atomic E-state index is 12.7. The van der Waals surface area contributed by atoms with Gasteiger partial charge in [0.15, 0.2) is 0 Å². The van der Waals surface area contributed by atoms with Crippen molar-refractivity contribution in [2.45, 2.75) is 45.1 Å². The molecule has 2 aliphatic rings. The second-order valence-corrected chi connectivity index (χ2v) is 7.78. The van der Waals surface area contributed by atoms with Gasteiger partial charge in [-0.05, 0) is 44.1 Å². The Balaban J connectivity index is 1.70. The van der Waals surface area contributed by atoms with Gasteiger partial charge in [-0.15, -0.1) is 0 Å². The zero-order valence-corrected chi connectivity index (χ0v) is 15.4. The number of piperidine rings is 2. The van der Waals surface area contributed by atoms with E-state index in [2.05, 4.69) is 0 Å². The molecule has 0 aromatic heterocycles. The first-order valence-electron chi connectivity index (χ1n) is 9.16. The van der Waals surface area contributed by atoms with Crippen LogP contribution in [0, 0.1) is 5.41 Å². The number of likely N-dealkylation sites (tertiary alicyclic amines) is 2. The zero-order chi connectivity index (χ0) is 18.0. The monoisotopic (exact) mass is 344 g/mol. The summed E-state index contributed by atoms with van der Waals surface area (Å²) in [5.41, 5.74) is 1.19. The van der Waals surface area contributed by atoms with E-state index in [0.29, 0.717) is 13.1 Å². The topological polar surface area (TPSA) is 49.9 Å². The molecule has 2 aliphatic heterocycles. The maximum Gasteiger partial charge on any atom is 0.410 e. The van der Waals surface area contributed by atoms with Crippen molar-refractivity contribution >= 4 is 12.0 Å². The van der Waals surface area contributed by atoms with E-state index in [4.69, 9.17) is 4.74 Å². The van der Waals surface area contributed by atoms with Crippen molar-refractivity contribution in [3.05, 3.63) is 35.9 Å². The Bertz CT molecular complexity index is 621. The Hall–Kier alpha value is -2.04. The minimum absolute atomic E-state index is 0.0749. The molecule has 25 heavy (non-hydrogen) atoms. The molecule has 1 aromatic rings. The summed E-state index contributed by atoms with van der Waals surface area (Å²) < 4.78 is 5.32. The molecule has 2 fully saturated rings. The van der Waals surface area contributed by atoms with Crippen LogP contribution in [0.5, 0.6) is 0 Å². The van der Waals surface area contributed by atoms with Crippen LogP contribution in [0.15, 0.2) is 30.3 Å². The van der Waals surface area contributed by atoms with Gasteiger partial charge >= 0.3 is 6.09 Å². The van der Waals surface area contributed by atoms with E-state index in [9.17, 15) is 9.59 Å². The minimum Gasteiger partial charge on any atom is -0.447 e. The van der Waals surface area contributed by atoms with Crippen molar-refractivity contribution in [2.75, 3.05) is 26.7 Å². The normalized spacial score (nSPS) is 23.2. The van der Waals surface area contributed by atoms with E-state index in [0.717, 1.165) is 31.4 Å². The molecule has 2 amide bonds. The lowest BCUT2D eigenvalue weighted by Gasteiger charge is -2.48. The van der Waals surface area contributed by atoms with Gasteiger partial charge in [0.25, 0.3) is 0 Å². The lowest BCUT2D eigenvalue weighted by molar-refractivity contribution is -0.139. The Labute approximate surface area is 149 Å². The highest BCUT2D eigenvalue weighted by atomic mass is 16.6. The highest BCUT2D eigenvalue weighted by Crippen LogP contribution is 2.45. The van der Waals surface area contributed by atoms with Crippen LogP contribution >= 0.6 is 0 Å². The number of hydrogen-bond donors (Lipinski definition) is 0. The zero-order valence-electron chi connectivity index (χ0n) is 15.4. The molecule has 0 N–H and O–H groups in total. The Morgan fingerprint density at radius 3 is 2.44 bits per heavy atom.